The smallest absolute Gasteiger partial charge is 0.261 e. The van der Waals surface area contributed by atoms with E-state index in [9.17, 15) is 18.0 Å². The van der Waals surface area contributed by atoms with Crippen LogP contribution < -0.4 is 10.5 Å². The fourth-order valence-corrected chi connectivity index (χ4v) is 5.18. The normalized spacial score (nSPS) is 16.0. The molecule has 1 aromatic heterocycles. The number of amides is 2. The molecular formula is C25H27N5O4S. The molecule has 2 heterocycles. The summed E-state index contributed by atoms with van der Waals surface area (Å²) >= 11 is 0. The number of benzene rings is 2. The van der Waals surface area contributed by atoms with Crippen LogP contribution in [0.1, 0.15) is 34.8 Å². The number of aromatic nitrogens is 2. The number of nitrogens with one attached hydrogen (secondary N) is 1. The van der Waals surface area contributed by atoms with E-state index in [2.05, 4.69) is 16.4 Å². The van der Waals surface area contributed by atoms with Gasteiger partial charge in [0.05, 0.1) is 16.5 Å². The fourth-order valence-electron chi connectivity index (χ4n) is 4.13. The van der Waals surface area contributed by atoms with Crippen molar-refractivity contribution in [3.8, 4) is 11.3 Å². The summed E-state index contributed by atoms with van der Waals surface area (Å²) in [4.78, 5) is 26.1. The highest BCUT2D eigenvalue weighted by atomic mass is 32.2. The summed E-state index contributed by atoms with van der Waals surface area (Å²) < 4.78 is 29.9. The van der Waals surface area contributed by atoms with Crippen LogP contribution >= 0.6 is 0 Å². The Morgan fingerprint density at radius 2 is 1.94 bits per heavy atom. The first-order chi connectivity index (χ1) is 16.7. The van der Waals surface area contributed by atoms with Crippen LogP contribution in [0.3, 0.4) is 0 Å². The maximum absolute atomic E-state index is 12.8. The van der Waals surface area contributed by atoms with Crippen molar-refractivity contribution in [3.63, 3.8) is 0 Å². The number of primary amides is 1. The second-order valence-corrected chi connectivity index (χ2v) is 10.2. The summed E-state index contributed by atoms with van der Waals surface area (Å²) in [5.74, 6) is -0.794. The molecule has 2 aromatic carbocycles. The zero-order chi connectivity index (χ0) is 25.2. The lowest BCUT2D eigenvalue weighted by Gasteiger charge is -2.32. The molecule has 0 spiro atoms. The van der Waals surface area contributed by atoms with Gasteiger partial charge in [0.2, 0.25) is 5.91 Å². The lowest BCUT2D eigenvalue weighted by atomic mass is 10.1. The Balaban J connectivity index is 1.64. The van der Waals surface area contributed by atoms with Crippen LogP contribution in [0.5, 0.6) is 0 Å². The number of hydrogen-bond acceptors (Lipinski definition) is 5. The number of aryl methyl sites for hydroxylation is 1. The highest BCUT2D eigenvalue weighted by molar-refractivity contribution is 7.92. The Kier molecular flexibility index (Phi) is 6.74. The van der Waals surface area contributed by atoms with Gasteiger partial charge < -0.3 is 10.6 Å². The average Bonchev–Trinajstić information content (AvgIpc) is 3.30. The van der Waals surface area contributed by atoms with Gasteiger partial charge in [-0.1, -0.05) is 36.4 Å². The lowest BCUT2D eigenvalue weighted by Crippen LogP contribution is -2.40. The Hall–Kier alpha value is -3.92. The predicted molar refractivity (Wildman–Crippen MR) is 133 cm³/mol. The molecule has 1 unspecified atom stereocenters. The Morgan fingerprint density at radius 1 is 1.20 bits per heavy atom. The molecular weight excluding hydrogens is 466 g/mol. The van der Waals surface area contributed by atoms with Gasteiger partial charge in [0, 0.05) is 30.5 Å². The van der Waals surface area contributed by atoms with Gasteiger partial charge in [-0.3, -0.25) is 19.0 Å². The number of rotatable bonds is 7. The van der Waals surface area contributed by atoms with Crippen LogP contribution in [0.15, 0.2) is 72.3 Å². The number of anilines is 1. The SMILES string of the molecule is C=CC(=O)N1CCCC(n2cc(C(N)=O)c(-c3cccc(NS(=O)(=O)c4ccc(C)cc4)c3)n2)C1. The molecule has 182 valence electrons. The highest BCUT2D eigenvalue weighted by Gasteiger charge is 2.26. The summed E-state index contributed by atoms with van der Waals surface area (Å²) in [6.45, 7) is 6.51. The van der Waals surface area contributed by atoms with E-state index in [-0.39, 0.29) is 22.4 Å². The number of nitrogens with zero attached hydrogens (tertiary/aromatic N) is 3. The average molecular weight is 494 g/mol. The van der Waals surface area contributed by atoms with Crippen LogP contribution in [0.25, 0.3) is 11.3 Å². The third kappa shape index (κ3) is 5.27. The van der Waals surface area contributed by atoms with Crippen molar-refractivity contribution in [2.45, 2.75) is 30.7 Å². The number of hydrogen-bond donors (Lipinski definition) is 2. The standard InChI is InChI=1S/C25H27N5O4S/c1-3-23(31)29-13-5-8-20(15-29)30-16-22(25(26)32)24(27-30)18-6-4-7-19(14-18)28-35(33,34)21-11-9-17(2)10-12-21/h3-4,6-7,9-12,14,16,20,28H,1,5,8,13,15H2,2H3,(H2,26,32). The molecule has 1 aliphatic rings. The van der Waals surface area contributed by atoms with E-state index in [1.54, 1.807) is 64.3 Å². The minimum absolute atomic E-state index is 0.122. The third-order valence-electron chi connectivity index (χ3n) is 5.97. The molecule has 1 atom stereocenters. The summed E-state index contributed by atoms with van der Waals surface area (Å²) in [7, 11) is -3.80. The number of piperidine rings is 1. The van der Waals surface area contributed by atoms with Crippen molar-refractivity contribution in [1.82, 2.24) is 14.7 Å². The minimum Gasteiger partial charge on any atom is -0.365 e. The van der Waals surface area contributed by atoms with E-state index in [1.165, 1.54) is 6.08 Å². The monoisotopic (exact) mass is 493 g/mol. The third-order valence-corrected chi connectivity index (χ3v) is 7.37. The van der Waals surface area contributed by atoms with Gasteiger partial charge in [-0.05, 0) is 50.1 Å². The molecule has 0 saturated carbocycles. The fraction of sp³-hybridized carbons (Fsp3) is 0.240. The number of likely N-dealkylation sites (tertiary alicyclic amines) is 1. The van der Waals surface area contributed by atoms with Crippen molar-refractivity contribution in [3.05, 3.63) is 78.5 Å². The van der Waals surface area contributed by atoms with Crippen LogP contribution in [-0.2, 0) is 14.8 Å². The van der Waals surface area contributed by atoms with Crippen LogP contribution in [0.4, 0.5) is 5.69 Å². The number of carbonyl (C=O) groups excluding carboxylic acids is 2. The minimum atomic E-state index is -3.80. The molecule has 1 fully saturated rings. The molecule has 10 heteroatoms. The van der Waals surface area contributed by atoms with Crippen molar-refractivity contribution < 1.29 is 18.0 Å². The van der Waals surface area contributed by atoms with Gasteiger partial charge in [0.15, 0.2) is 0 Å². The molecule has 1 saturated heterocycles. The number of carbonyl (C=O) groups is 2. The van der Waals surface area contributed by atoms with Crippen molar-refractivity contribution in [2.24, 2.45) is 5.73 Å². The molecule has 9 nitrogen and oxygen atoms in total. The van der Waals surface area contributed by atoms with Crippen molar-refractivity contribution in [1.29, 1.82) is 0 Å². The Bertz CT molecular complexity index is 1380. The summed E-state index contributed by atoms with van der Waals surface area (Å²) in [5.41, 5.74) is 8.02. The summed E-state index contributed by atoms with van der Waals surface area (Å²) in [6, 6.07) is 13.1. The van der Waals surface area contributed by atoms with Gasteiger partial charge in [-0.25, -0.2) is 8.42 Å². The van der Waals surface area contributed by atoms with Crippen molar-refractivity contribution >= 4 is 27.5 Å². The molecule has 0 bridgehead atoms. The molecule has 3 aromatic rings. The quantitative estimate of drug-likeness (QED) is 0.489. The number of nitrogens with two attached hydrogens (primary N) is 1. The molecule has 3 N–H and O–H groups in total. The second-order valence-electron chi connectivity index (χ2n) is 8.52. The maximum Gasteiger partial charge on any atom is 0.261 e. The summed E-state index contributed by atoms with van der Waals surface area (Å²) in [6.07, 6.45) is 4.46. The molecule has 1 aliphatic heterocycles. The first-order valence-corrected chi connectivity index (χ1v) is 12.7. The van der Waals surface area contributed by atoms with Gasteiger partial charge in [-0.2, -0.15) is 5.10 Å². The molecule has 0 aliphatic carbocycles. The number of sulfonamides is 1. The van der Waals surface area contributed by atoms with Gasteiger partial charge in [0.1, 0.15) is 5.69 Å². The Morgan fingerprint density at radius 3 is 2.63 bits per heavy atom. The van der Waals surface area contributed by atoms with Crippen LogP contribution in [0.2, 0.25) is 0 Å². The maximum atomic E-state index is 12.8. The highest BCUT2D eigenvalue weighted by Crippen LogP contribution is 2.29. The second kappa shape index (κ2) is 9.75. The van der Waals surface area contributed by atoms with E-state index >= 15 is 0 Å². The van der Waals surface area contributed by atoms with Gasteiger partial charge in [-0.15, -0.1) is 0 Å². The van der Waals surface area contributed by atoms with Crippen LogP contribution in [-0.4, -0.2) is 48.0 Å². The van der Waals surface area contributed by atoms with Crippen molar-refractivity contribution in [2.75, 3.05) is 17.8 Å². The molecule has 35 heavy (non-hydrogen) atoms. The van der Waals surface area contributed by atoms with E-state index in [1.807, 2.05) is 6.92 Å². The molecule has 4 rings (SSSR count). The zero-order valence-corrected chi connectivity index (χ0v) is 20.2. The van der Waals surface area contributed by atoms with Crippen LogP contribution in [0, 0.1) is 6.92 Å². The van der Waals surface area contributed by atoms with Gasteiger partial charge >= 0.3 is 0 Å². The largest absolute Gasteiger partial charge is 0.365 e. The lowest BCUT2D eigenvalue weighted by molar-refractivity contribution is -0.127. The van der Waals surface area contributed by atoms with E-state index in [0.717, 1.165) is 18.4 Å². The molecule has 0 radical (unpaired) electrons. The first-order valence-electron chi connectivity index (χ1n) is 11.2. The van der Waals surface area contributed by atoms with Gasteiger partial charge in [0.25, 0.3) is 15.9 Å². The Labute approximate surface area is 204 Å². The molecule has 2 amide bonds. The first kappa shape index (κ1) is 24.2. The van der Waals surface area contributed by atoms with E-state index in [0.29, 0.717) is 30.0 Å². The predicted octanol–water partition coefficient (Wildman–Crippen LogP) is 3.11. The van der Waals surface area contributed by atoms with E-state index in [4.69, 9.17) is 5.73 Å². The zero-order valence-electron chi connectivity index (χ0n) is 19.3. The van der Waals surface area contributed by atoms with E-state index < -0.39 is 15.9 Å². The topological polar surface area (TPSA) is 127 Å². The summed E-state index contributed by atoms with van der Waals surface area (Å²) in [5, 5.41) is 4.63.